The van der Waals surface area contributed by atoms with E-state index in [9.17, 15) is 17.6 Å². The molecule has 0 atom stereocenters. The zero-order chi connectivity index (χ0) is 23.9. The fraction of sp³-hybridized carbons (Fsp3) is 0.0417. The van der Waals surface area contributed by atoms with Gasteiger partial charge in [-0.15, -0.1) is 0 Å². The Labute approximate surface area is 195 Å². The predicted molar refractivity (Wildman–Crippen MR) is 122 cm³/mol. The van der Waals surface area contributed by atoms with Crippen molar-refractivity contribution in [2.24, 2.45) is 0 Å². The van der Waals surface area contributed by atoms with Crippen molar-refractivity contribution < 1.29 is 17.6 Å². The molecule has 3 aromatic carbocycles. The number of hydrogen-bond acceptors (Lipinski definition) is 4. The van der Waals surface area contributed by atoms with Gasteiger partial charge in [-0.3, -0.25) is 0 Å². The second-order valence-corrected chi connectivity index (χ2v) is 7.76. The largest absolute Gasteiger partial charge is 0.417 e. The van der Waals surface area contributed by atoms with Crippen molar-refractivity contribution >= 4 is 34.1 Å². The first-order chi connectivity index (χ1) is 16.3. The molecule has 0 aliphatic carbocycles. The fourth-order valence-electron chi connectivity index (χ4n) is 3.45. The number of nitrogens with one attached hydrogen (secondary N) is 1. The van der Waals surface area contributed by atoms with Gasteiger partial charge in [0.05, 0.1) is 27.9 Å². The minimum Gasteiger partial charge on any atom is -0.339 e. The van der Waals surface area contributed by atoms with E-state index in [1.165, 1.54) is 42.6 Å². The molecule has 170 valence electrons. The van der Waals surface area contributed by atoms with Gasteiger partial charge in [0, 0.05) is 11.3 Å². The van der Waals surface area contributed by atoms with Crippen LogP contribution in [0.25, 0.3) is 28.1 Å². The molecule has 0 saturated heterocycles. The third-order valence-corrected chi connectivity index (χ3v) is 5.40. The topological polar surface area (TPSA) is 55.6 Å². The van der Waals surface area contributed by atoms with Gasteiger partial charge in [0.25, 0.3) is 0 Å². The van der Waals surface area contributed by atoms with E-state index in [1.54, 1.807) is 4.68 Å². The summed E-state index contributed by atoms with van der Waals surface area (Å²) in [5.41, 5.74) is 0.850. The maximum absolute atomic E-state index is 13.5. The van der Waals surface area contributed by atoms with E-state index in [1.807, 2.05) is 30.3 Å². The Balaban J connectivity index is 1.68. The number of rotatable bonds is 4. The Morgan fingerprint density at radius 3 is 2.32 bits per heavy atom. The zero-order valence-electron chi connectivity index (χ0n) is 17.2. The van der Waals surface area contributed by atoms with Crippen molar-refractivity contribution in [1.82, 2.24) is 19.7 Å². The lowest BCUT2D eigenvalue weighted by atomic mass is 10.2. The molecule has 0 spiro atoms. The minimum absolute atomic E-state index is 0.134. The molecule has 0 fully saturated rings. The van der Waals surface area contributed by atoms with Crippen molar-refractivity contribution in [1.29, 1.82) is 0 Å². The lowest BCUT2D eigenvalue weighted by Crippen LogP contribution is -2.07. The highest BCUT2D eigenvalue weighted by Crippen LogP contribution is 2.37. The van der Waals surface area contributed by atoms with Crippen LogP contribution in [0.1, 0.15) is 5.56 Å². The highest BCUT2D eigenvalue weighted by Gasteiger charge is 2.33. The summed E-state index contributed by atoms with van der Waals surface area (Å²) in [6, 6.07) is 18.3. The SMILES string of the molecule is Fc1ccc(-c2nc(Nc3ccc(Cl)c(C(F)(F)F)c3)c3cnn(-c4ccccc4)c3n2)cc1. The van der Waals surface area contributed by atoms with Gasteiger partial charge in [0.2, 0.25) is 0 Å². The van der Waals surface area contributed by atoms with Gasteiger partial charge >= 0.3 is 6.18 Å². The summed E-state index contributed by atoms with van der Waals surface area (Å²) in [6.45, 7) is 0. The van der Waals surface area contributed by atoms with Gasteiger partial charge in [0.1, 0.15) is 11.6 Å². The number of anilines is 2. The first kappa shape index (κ1) is 21.8. The summed E-state index contributed by atoms with van der Waals surface area (Å²) in [5.74, 6) is 0.0676. The number of aromatic nitrogens is 4. The normalized spacial score (nSPS) is 11.7. The summed E-state index contributed by atoms with van der Waals surface area (Å²) in [4.78, 5) is 9.12. The maximum Gasteiger partial charge on any atom is 0.417 e. The molecule has 5 aromatic rings. The molecular weight excluding hydrogens is 470 g/mol. The fourth-order valence-corrected chi connectivity index (χ4v) is 3.67. The predicted octanol–water partition coefficient (Wildman–Crippen LogP) is 7.04. The lowest BCUT2D eigenvalue weighted by Gasteiger charge is -2.13. The average Bonchev–Trinajstić information content (AvgIpc) is 3.25. The van der Waals surface area contributed by atoms with E-state index in [2.05, 4.69) is 20.4 Å². The number of nitrogens with zero attached hydrogens (tertiary/aromatic N) is 4. The van der Waals surface area contributed by atoms with Crippen LogP contribution in [-0.4, -0.2) is 19.7 Å². The van der Waals surface area contributed by atoms with Crippen LogP contribution in [0.3, 0.4) is 0 Å². The number of alkyl halides is 3. The summed E-state index contributed by atoms with van der Waals surface area (Å²) in [5, 5.41) is 7.41. The standard InChI is InChI=1S/C24H14ClF4N5/c25-20-11-10-16(12-19(20)24(27,28)29)31-22-18-13-30-34(17-4-2-1-3-5-17)23(18)33-21(32-22)14-6-8-15(26)9-7-14/h1-13H,(H,31,32,33). The smallest absolute Gasteiger partial charge is 0.339 e. The average molecular weight is 484 g/mol. The van der Waals surface area contributed by atoms with Gasteiger partial charge < -0.3 is 5.32 Å². The van der Waals surface area contributed by atoms with Crippen LogP contribution in [0, 0.1) is 5.82 Å². The van der Waals surface area contributed by atoms with Crippen LogP contribution in [0.4, 0.5) is 29.1 Å². The summed E-state index contributed by atoms with van der Waals surface area (Å²) in [7, 11) is 0. The Morgan fingerprint density at radius 1 is 0.882 bits per heavy atom. The van der Waals surface area contributed by atoms with Crippen molar-refractivity contribution in [3.8, 4) is 17.1 Å². The van der Waals surface area contributed by atoms with E-state index in [-0.39, 0.29) is 17.3 Å². The second-order valence-electron chi connectivity index (χ2n) is 7.35. The third-order valence-electron chi connectivity index (χ3n) is 5.07. The molecule has 0 saturated carbocycles. The van der Waals surface area contributed by atoms with E-state index in [4.69, 9.17) is 11.6 Å². The molecular formula is C24H14ClF4N5. The van der Waals surface area contributed by atoms with Crippen LogP contribution in [0.5, 0.6) is 0 Å². The highest BCUT2D eigenvalue weighted by molar-refractivity contribution is 6.31. The Hall–Kier alpha value is -3.98. The van der Waals surface area contributed by atoms with Crippen LogP contribution < -0.4 is 5.32 Å². The van der Waals surface area contributed by atoms with Crippen molar-refractivity contribution in [2.75, 3.05) is 5.32 Å². The van der Waals surface area contributed by atoms with E-state index < -0.39 is 22.6 Å². The molecule has 0 unspecified atom stereocenters. The molecule has 0 bridgehead atoms. The molecule has 5 nitrogen and oxygen atoms in total. The van der Waals surface area contributed by atoms with Crippen LogP contribution >= 0.6 is 11.6 Å². The molecule has 5 rings (SSSR count). The van der Waals surface area contributed by atoms with Crippen LogP contribution in [0.15, 0.2) is 79.0 Å². The Morgan fingerprint density at radius 2 is 1.62 bits per heavy atom. The zero-order valence-corrected chi connectivity index (χ0v) is 17.9. The number of para-hydroxylation sites is 1. The molecule has 2 heterocycles. The number of fused-ring (bicyclic) bond motifs is 1. The van der Waals surface area contributed by atoms with Gasteiger partial charge in [0.15, 0.2) is 11.5 Å². The third kappa shape index (κ3) is 4.17. The minimum atomic E-state index is -4.62. The van der Waals surface area contributed by atoms with Crippen LogP contribution in [0.2, 0.25) is 5.02 Å². The molecule has 34 heavy (non-hydrogen) atoms. The molecule has 0 aliphatic rings. The van der Waals surface area contributed by atoms with Crippen molar-refractivity contribution in [3.63, 3.8) is 0 Å². The first-order valence-corrected chi connectivity index (χ1v) is 10.4. The Bertz CT molecular complexity index is 1480. The monoisotopic (exact) mass is 483 g/mol. The first-order valence-electron chi connectivity index (χ1n) is 10.0. The highest BCUT2D eigenvalue weighted by atomic mass is 35.5. The molecule has 10 heteroatoms. The van der Waals surface area contributed by atoms with E-state index in [0.29, 0.717) is 16.6 Å². The molecule has 2 aromatic heterocycles. The second kappa shape index (κ2) is 8.42. The number of hydrogen-bond donors (Lipinski definition) is 1. The summed E-state index contributed by atoms with van der Waals surface area (Å²) >= 11 is 5.75. The maximum atomic E-state index is 13.5. The quantitative estimate of drug-likeness (QED) is 0.279. The van der Waals surface area contributed by atoms with Crippen LogP contribution in [-0.2, 0) is 6.18 Å². The summed E-state index contributed by atoms with van der Waals surface area (Å²) < 4.78 is 55.1. The Kier molecular flexibility index (Phi) is 5.41. The van der Waals surface area contributed by atoms with E-state index in [0.717, 1.165) is 11.8 Å². The molecule has 0 amide bonds. The van der Waals surface area contributed by atoms with E-state index >= 15 is 0 Å². The number of benzene rings is 3. The van der Waals surface area contributed by atoms with Gasteiger partial charge in [-0.25, -0.2) is 19.0 Å². The van der Waals surface area contributed by atoms with Gasteiger partial charge in [-0.2, -0.15) is 18.3 Å². The van der Waals surface area contributed by atoms with Gasteiger partial charge in [-0.1, -0.05) is 29.8 Å². The summed E-state index contributed by atoms with van der Waals surface area (Å²) in [6.07, 6.45) is -3.09. The number of halogens is 5. The molecule has 0 radical (unpaired) electrons. The van der Waals surface area contributed by atoms with Crippen molar-refractivity contribution in [2.45, 2.75) is 6.18 Å². The molecule has 0 aliphatic heterocycles. The molecule has 1 N–H and O–H groups in total. The lowest BCUT2D eigenvalue weighted by molar-refractivity contribution is -0.137. The van der Waals surface area contributed by atoms with Crippen molar-refractivity contribution in [3.05, 3.63) is 95.4 Å². The van der Waals surface area contributed by atoms with Gasteiger partial charge in [-0.05, 0) is 54.6 Å².